The number of nitrogens with one attached hydrogen (secondary N) is 3. The van der Waals surface area contributed by atoms with Crippen molar-refractivity contribution in [3.05, 3.63) is 79.1 Å². The number of hydrogen-bond donors (Lipinski definition) is 4. The number of aromatic nitrogens is 3. The van der Waals surface area contributed by atoms with Crippen LogP contribution in [0, 0.1) is 6.92 Å². The summed E-state index contributed by atoms with van der Waals surface area (Å²) in [5, 5.41) is 6.60. The standard InChI is InChI=1S/C21H24N7O8P/c1-11-9-28(21(31)24-19(11)29)17-7-15(25-27-22)16(36-17)10-35-37(32,33)26-18(20(30)34-2)13-8-23-14-6-4-3-5-12(13)14/h3-6,8-9,15-18,23H,7,10H2,1-2H3,(H,24,29,31)(H2,26,32,33)/t15?,16-,17-,18+/m1/s1. The predicted molar refractivity (Wildman–Crippen MR) is 129 cm³/mol. The van der Waals surface area contributed by atoms with E-state index in [1.807, 2.05) is 0 Å². The predicted octanol–water partition coefficient (Wildman–Crippen LogP) is 1.91. The van der Waals surface area contributed by atoms with Gasteiger partial charge in [-0.3, -0.25) is 18.9 Å². The van der Waals surface area contributed by atoms with Crippen molar-refractivity contribution in [3.63, 3.8) is 0 Å². The summed E-state index contributed by atoms with van der Waals surface area (Å²) in [5.74, 6) is -0.820. The van der Waals surface area contributed by atoms with Gasteiger partial charge in [0.1, 0.15) is 12.3 Å². The lowest BCUT2D eigenvalue weighted by molar-refractivity contribution is -0.142. The maximum Gasteiger partial charge on any atom is 0.404 e. The van der Waals surface area contributed by atoms with Gasteiger partial charge in [-0.05, 0) is 18.5 Å². The van der Waals surface area contributed by atoms with Gasteiger partial charge < -0.3 is 19.4 Å². The smallest absolute Gasteiger partial charge is 0.404 e. The van der Waals surface area contributed by atoms with Crippen LogP contribution in [-0.4, -0.2) is 51.3 Å². The molecule has 1 aromatic carbocycles. The topological polar surface area (TPSA) is 214 Å². The van der Waals surface area contributed by atoms with E-state index in [0.717, 1.165) is 11.7 Å². The second-order valence-electron chi connectivity index (χ2n) is 8.31. The number of rotatable bonds is 9. The first kappa shape index (κ1) is 26.4. The van der Waals surface area contributed by atoms with E-state index in [-0.39, 0.29) is 12.0 Å². The molecule has 0 spiro atoms. The molecule has 0 aliphatic carbocycles. The number of carbonyl (C=O) groups is 1. The molecule has 0 radical (unpaired) electrons. The second kappa shape index (κ2) is 10.7. The molecule has 3 aromatic rings. The Morgan fingerprint density at radius 1 is 1.43 bits per heavy atom. The van der Waals surface area contributed by atoms with Crippen molar-refractivity contribution in [2.45, 2.75) is 37.8 Å². The summed E-state index contributed by atoms with van der Waals surface area (Å²) >= 11 is 0. The van der Waals surface area contributed by atoms with Crippen molar-refractivity contribution in [1.82, 2.24) is 19.6 Å². The summed E-state index contributed by atoms with van der Waals surface area (Å²) in [6.45, 7) is 0.994. The van der Waals surface area contributed by atoms with E-state index in [0.29, 0.717) is 16.5 Å². The van der Waals surface area contributed by atoms with E-state index in [9.17, 15) is 23.8 Å². The maximum atomic E-state index is 12.9. The summed E-state index contributed by atoms with van der Waals surface area (Å²) in [7, 11) is -3.50. The molecule has 37 heavy (non-hydrogen) atoms. The first-order valence-electron chi connectivity index (χ1n) is 11.0. The highest BCUT2D eigenvalue weighted by Crippen LogP contribution is 2.43. The minimum Gasteiger partial charge on any atom is -0.468 e. The number of para-hydroxylation sites is 1. The molecule has 4 N–H and O–H groups in total. The fourth-order valence-electron chi connectivity index (χ4n) is 4.10. The van der Waals surface area contributed by atoms with Crippen LogP contribution < -0.4 is 16.3 Å². The molecular weight excluding hydrogens is 509 g/mol. The Labute approximate surface area is 208 Å². The van der Waals surface area contributed by atoms with E-state index in [1.165, 1.54) is 19.3 Å². The number of nitrogens with zero attached hydrogens (tertiary/aromatic N) is 4. The molecule has 0 bridgehead atoms. The summed E-state index contributed by atoms with van der Waals surface area (Å²) in [6, 6.07) is 4.87. The molecule has 15 nitrogen and oxygen atoms in total. The van der Waals surface area contributed by atoms with Crippen LogP contribution in [0.15, 0.2) is 51.4 Å². The van der Waals surface area contributed by atoms with Crippen molar-refractivity contribution in [2.24, 2.45) is 5.11 Å². The van der Waals surface area contributed by atoms with Gasteiger partial charge in [0.05, 0.1) is 25.9 Å². The number of methoxy groups -OCH3 is 1. The zero-order chi connectivity index (χ0) is 26.7. The summed E-state index contributed by atoms with van der Waals surface area (Å²) in [6.07, 6.45) is 0.945. The average Bonchev–Trinajstić information content (AvgIpc) is 3.47. The number of hydrogen-bond acceptors (Lipinski definition) is 8. The maximum absolute atomic E-state index is 12.9. The first-order valence-corrected chi connectivity index (χ1v) is 12.6. The van der Waals surface area contributed by atoms with Crippen LogP contribution in [0.25, 0.3) is 21.3 Å². The zero-order valence-corrected chi connectivity index (χ0v) is 20.6. The number of aromatic amines is 2. The summed E-state index contributed by atoms with van der Waals surface area (Å²) < 4.78 is 29.9. The Morgan fingerprint density at radius 3 is 2.92 bits per heavy atom. The van der Waals surface area contributed by atoms with Crippen LogP contribution in [-0.2, 0) is 23.4 Å². The monoisotopic (exact) mass is 533 g/mol. The molecule has 1 aliphatic rings. The van der Waals surface area contributed by atoms with Gasteiger partial charge in [0.25, 0.3) is 5.56 Å². The highest BCUT2D eigenvalue weighted by atomic mass is 31.2. The second-order valence-corrected chi connectivity index (χ2v) is 9.86. The van der Waals surface area contributed by atoms with Crippen molar-refractivity contribution in [1.29, 1.82) is 0 Å². The Morgan fingerprint density at radius 2 is 2.19 bits per heavy atom. The number of ether oxygens (including phenoxy) is 2. The molecule has 5 atom stereocenters. The number of carbonyl (C=O) groups excluding carboxylic acids is 1. The van der Waals surface area contributed by atoms with E-state index < -0.39 is 56.0 Å². The van der Waals surface area contributed by atoms with E-state index in [4.69, 9.17) is 19.5 Å². The molecule has 3 heterocycles. The molecule has 0 amide bonds. The number of esters is 1. The van der Waals surface area contributed by atoms with Crippen LogP contribution in [0.2, 0.25) is 0 Å². The van der Waals surface area contributed by atoms with E-state index >= 15 is 0 Å². The van der Waals surface area contributed by atoms with Gasteiger partial charge in [-0.15, -0.1) is 0 Å². The van der Waals surface area contributed by atoms with E-state index in [1.54, 1.807) is 24.3 Å². The fourth-order valence-corrected chi connectivity index (χ4v) is 5.09. The molecule has 0 saturated carbocycles. The SMILES string of the molecule is COC(=O)[C@@H](NP(=O)(O)OC[C@H]1O[C@@H](n2cc(C)c(=O)[nH]c2=O)CC1N=[N+]=[N-])c1c[nH]c2ccccc12. The number of aryl methyl sites for hydroxylation is 1. The molecular formula is C21H24N7O8P. The minimum atomic E-state index is -4.64. The van der Waals surface area contributed by atoms with Gasteiger partial charge in [0.2, 0.25) is 0 Å². The lowest BCUT2D eigenvalue weighted by atomic mass is 10.1. The lowest BCUT2D eigenvalue weighted by Gasteiger charge is -2.22. The molecule has 4 rings (SSSR count). The van der Waals surface area contributed by atoms with Gasteiger partial charge >= 0.3 is 19.4 Å². The molecule has 1 saturated heterocycles. The van der Waals surface area contributed by atoms with Crippen LogP contribution in [0.4, 0.5) is 0 Å². The quantitative estimate of drug-likeness (QED) is 0.104. The van der Waals surface area contributed by atoms with Crippen molar-refractivity contribution < 1.29 is 28.3 Å². The van der Waals surface area contributed by atoms with Gasteiger partial charge in [-0.1, -0.05) is 23.3 Å². The van der Waals surface area contributed by atoms with Crippen LogP contribution in [0.5, 0.6) is 0 Å². The Balaban J connectivity index is 1.51. The third-order valence-electron chi connectivity index (χ3n) is 5.94. The van der Waals surface area contributed by atoms with Crippen molar-refractivity contribution in [2.75, 3.05) is 13.7 Å². The lowest BCUT2D eigenvalue weighted by Crippen LogP contribution is -2.33. The Kier molecular flexibility index (Phi) is 7.64. The Hall–Kier alpha value is -3.71. The van der Waals surface area contributed by atoms with Gasteiger partial charge in [0.15, 0.2) is 0 Å². The molecule has 1 aliphatic heterocycles. The van der Waals surface area contributed by atoms with E-state index in [2.05, 4.69) is 25.1 Å². The largest absolute Gasteiger partial charge is 0.468 e. The van der Waals surface area contributed by atoms with Gasteiger partial charge in [0, 0.05) is 45.8 Å². The molecule has 16 heteroatoms. The Bertz CT molecular complexity index is 1520. The molecule has 2 unspecified atom stereocenters. The summed E-state index contributed by atoms with van der Waals surface area (Å²) in [5.41, 5.74) is 9.01. The average molecular weight is 533 g/mol. The number of fused-ring (bicyclic) bond motifs is 1. The number of azide groups is 1. The molecule has 196 valence electrons. The van der Waals surface area contributed by atoms with Crippen molar-refractivity contribution in [3.8, 4) is 0 Å². The van der Waals surface area contributed by atoms with Crippen LogP contribution in [0.3, 0.4) is 0 Å². The minimum absolute atomic E-state index is 0.0484. The molecule has 1 fully saturated rings. The third-order valence-corrected chi connectivity index (χ3v) is 7.02. The van der Waals surface area contributed by atoms with Crippen LogP contribution in [0.1, 0.15) is 29.8 Å². The van der Waals surface area contributed by atoms with Crippen molar-refractivity contribution >= 4 is 24.6 Å². The third kappa shape index (κ3) is 5.67. The highest BCUT2D eigenvalue weighted by molar-refractivity contribution is 7.50. The fraction of sp³-hybridized carbons (Fsp3) is 0.381. The number of benzene rings is 1. The number of H-pyrrole nitrogens is 2. The van der Waals surface area contributed by atoms with Gasteiger partial charge in [-0.2, -0.15) is 0 Å². The molecule has 2 aromatic heterocycles. The normalized spacial score (nSPS) is 21.8. The van der Waals surface area contributed by atoms with Crippen LogP contribution >= 0.6 is 7.75 Å². The van der Waals surface area contributed by atoms with Gasteiger partial charge in [-0.25, -0.2) is 19.2 Å². The first-order chi connectivity index (χ1) is 17.6. The summed E-state index contributed by atoms with van der Waals surface area (Å²) in [4.78, 5) is 54.8. The highest BCUT2D eigenvalue weighted by Gasteiger charge is 2.39. The zero-order valence-electron chi connectivity index (χ0n) is 19.7.